The number of carbonyl (C=O) groups is 1. The summed E-state index contributed by atoms with van der Waals surface area (Å²) in [4.78, 5) is 18.1. The van der Waals surface area contributed by atoms with E-state index in [1.165, 1.54) is 0 Å². The van der Waals surface area contributed by atoms with Gasteiger partial charge in [-0.1, -0.05) is 0 Å². The molecule has 0 spiro atoms. The molecule has 2 aromatic carbocycles. The molecule has 0 bridgehead atoms. The standard InChI is InChI=1S/C30H36F3N7O3S/c31-6-8-38-9-11-39(12-10-38)23-1-2-25(28(18-23)34-22-4-13-43-14-5-22)30(41)35-29-26-19-40(7-3-27(26)36-37-29)44(42)24-16-20(32)15-21(33)17-24/h1-2,15-18,22,34H,3-14,19H2,(H2,35,36,37,41). The third-order valence-electron chi connectivity index (χ3n) is 8.37. The van der Waals surface area contributed by atoms with Gasteiger partial charge in [0.2, 0.25) is 0 Å². The molecule has 6 rings (SSSR count). The van der Waals surface area contributed by atoms with Crippen LogP contribution in [0.15, 0.2) is 41.3 Å². The second-order valence-corrected chi connectivity index (χ2v) is 12.7. The first-order chi connectivity index (χ1) is 21.4. The van der Waals surface area contributed by atoms with Crippen molar-refractivity contribution in [2.24, 2.45) is 0 Å². The Morgan fingerprint density at radius 3 is 2.52 bits per heavy atom. The van der Waals surface area contributed by atoms with Crippen LogP contribution in [0.2, 0.25) is 0 Å². The van der Waals surface area contributed by atoms with Gasteiger partial charge in [-0.25, -0.2) is 21.7 Å². The van der Waals surface area contributed by atoms with Gasteiger partial charge in [0.25, 0.3) is 5.91 Å². The highest BCUT2D eigenvalue weighted by Gasteiger charge is 2.28. The minimum Gasteiger partial charge on any atom is -0.381 e. The number of benzene rings is 2. The highest BCUT2D eigenvalue weighted by Crippen LogP contribution is 2.30. The first-order valence-corrected chi connectivity index (χ1v) is 16.0. The van der Waals surface area contributed by atoms with Crippen LogP contribution in [0.4, 0.5) is 30.4 Å². The Hall–Kier alpha value is -3.46. The lowest BCUT2D eigenvalue weighted by Crippen LogP contribution is -2.47. The number of nitrogens with zero attached hydrogens (tertiary/aromatic N) is 4. The van der Waals surface area contributed by atoms with E-state index in [0.717, 1.165) is 68.6 Å². The summed E-state index contributed by atoms with van der Waals surface area (Å²) in [6.07, 6.45) is 2.12. The number of nitrogens with one attached hydrogen (secondary N) is 3. The number of alkyl halides is 1. The van der Waals surface area contributed by atoms with Gasteiger partial charge in [0.1, 0.15) is 29.3 Å². The van der Waals surface area contributed by atoms with Gasteiger partial charge in [-0.2, -0.15) is 5.10 Å². The Labute approximate surface area is 256 Å². The molecule has 3 aliphatic heterocycles. The summed E-state index contributed by atoms with van der Waals surface area (Å²) in [5, 5.41) is 13.8. The number of rotatable bonds is 9. The van der Waals surface area contributed by atoms with Gasteiger partial charge >= 0.3 is 0 Å². The Bertz CT molecular complexity index is 1490. The predicted molar refractivity (Wildman–Crippen MR) is 162 cm³/mol. The molecule has 3 aromatic rings. The van der Waals surface area contributed by atoms with Crippen LogP contribution in [0.1, 0.15) is 34.5 Å². The zero-order valence-corrected chi connectivity index (χ0v) is 25.1. The lowest BCUT2D eigenvalue weighted by molar-refractivity contribution is 0.0904. The molecule has 4 heterocycles. The van der Waals surface area contributed by atoms with E-state index in [-0.39, 0.29) is 30.1 Å². The third kappa shape index (κ3) is 6.93. The molecule has 44 heavy (non-hydrogen) atoms. The fourth-order valence-electron chi connectivity index (χ4n) is 5.93. The average Bonchev–Trinajstić information content (AvgIpc) is 3.43. The van der Waals surface area contributed by atoms with Crippen molar-refractivity contribution in [1.82, 2.24) is 19.4 Å². The Morgan fingerprint density at radius 1 is 1.05 bits per heavy atom. The van der Waals surface area contributed by atoms with Gasteiger partial charge < -0.3 is 20.3 Å². The van der Waals surface area contributed by atoms with Crippen LogP contribution >= 0.6 is 0 Å². The maximum atomic E-state index is 13.8. The average molecular weight is 632 g/mol. The summed E-state index contributed by atoms with van der Waals surface area (Å²) in [6.45, 7) is 5.02. The molecule has 2 saturated heterocycles. The van der Waals surface area contributed by atoms with Crippen molar-refractivity contribution in [3.05, 3.63) is 64.9 Å². The second-order valence-electron chi connectivity index (χ2n) is 11.2. The van der Waals surface area contributed by atoms with E-state index in [9.17, 15) is 22.2 Å². The quantitative estimate of drug-likeness (QED) is 0.331. The zero-order chi connectivity index (χ0) is 30.6. The lowest BCUT2D eigenvalue weighted by Gasteiger charge is -2.36. The molecule has 0 saturated carbocycles. The molecular formula is C30H36F3N7O3S. The molecule has 1 aromatic heterocycles. The number of anilines is 3. The lowest BCUT2D eigenvalue weighted by atomic mass is 10.1. The number of ether oxygens (including phenoxy) is 1. The normalized spacial score (nSPS) is 19.0. The van der Waals surface area contributed by atoms with Crippen molar-refractivity contribution in [2.45, 2.75) is 36.7 Å². The molecule has 14 heteroatoms. The van der Waals surface area contributed by atoms with Crippen molar-refractivity contribution in [1.29, 1.82) is 0 Å². The maximum Gasteiger partial charge on any atom is 0.258 e. The Balaban J connectivity index is 1.20. The summed E-state index contributed by atoms with van der Waals surface area (Å²) in [7, 11) is -1.80. The van der Waals surface area contributed by atoms with Gasteiger partial charge in [0, 0.05) is 100 Å². The largest absolute Gasteiger partial charge is 0.381 e. The molecule has 10 nitrogen and oxygen atoms in total. The van der Waals surface area contributed by atoms with Gasteiger partial charge in [-0.15, -0.1) is 0 Å². The second kappa shape index (κ2) is 13.7. The smallest absolute Gasteiger partial charge is 0.258 e. The summed E-state index contributed by atoms with van der Waals surface area (Å²) < 4.78 is 60.7. The molecule has 1 amide bonds. The molecular weight excluding hydrogens is 595 g/mol. The Kier molecular flexibility index (Phi) is 9.50. The first kappa shape index (κ1) is 30.6. The number of fused-ring (bicyclic) bond motifs is 1. The zero-order valence-electron chi connectivity index (χ0n) is 24.3. The van der Waals surface area contributed by atoms with Crippen molar-refractivity contribution in [3.63, 3.8) is 0 Å². The van der Waals surface area contributed by atoms with E-state index >= 15 is 0 Å². The van der Waals surface area contributed by atoms with Crippen LogP contribution in [-0.4, -0.2) is 94.7 Å². The van der Waals surface area contributed by atoms with Gasteiger partial charge in [0.05, 0.1) is 10.5 Å². The number of hydrogen-bond donors (Lipinski definition) is 3. The summed E-state index contributed by atoms with van der Waals surface area (Å²) in [5.74, 6) is -1.61. The molecule has 0 aliphatic carbocycles. The minimum absolute atomic E-state index is 0.0350. The van der Waals surface area contributed by atoms with Crippen molar-refractivity contribution in [2.75, 3.05) is 74.7 Å². The highest BCUT2D eigenvalue weighted by molar-refractivity contribution is 7.82. The predicted octanol–water partition coefficient (Wildman–Crippen LogP) is 3.70. The van der Waals surface area contributed by atoms with Crippen LogP contribution in [0.5, 0.6) is 0 Å². The summed E-state index contributed by atoms with van der Waals surface area (Å²) >= 11 is 0. The molecule has 3 aliphatic rings. The fraction of sp³-hybridized carbons (Fsp3) is 0.467. The van der Waals surface area contributed by atoms with E-state index < -0.39 is 22.6 Å². The number of aromatic nitrogens is 2. The van der Waals surface area contributed by atoms with Gasteiger partial charge in [-0.3, -0.25) is 14.8 Å². The van der Waals surface area contributed by atoms with Crippen molar-refractivity contribution in [3.8, 4) is 0 Å². The van der Waals surface area contributed by atoms with Crippen LogP contribution < -0.4 is 15.5 Å². The molecule has 1 atom stereocenters. The van der Waals surface area contributed by atoms with E-state index in [4.69, 9.17) is 4.74 Å². The summed E-state index contributed by atoms with van der Waals surface area (Å²) in [6, 6.07) is 8.75. The van der Waals surface area contributed by atoms with Crippen LogP contribution in [0, 0.1) is 11.6 Å². The molecule has 1 unspecified atom stereocenters. The Morgan fingerprint density at radius 2 is 1.80 bits per heavy atom. The molecule has 0 radical (unpaired) electrons. The number of aromatic amines is 1. The SMILES string of the molecule is O=C(Nc1n[nH]c2c1CN(S(=O)c1cc(F)cc(F)c1)CC2)c1ccc(N2CCN(CCF)CC2)cc1NC1CCOCC1. The number of halogens is 3. The molecule has 236 valence electrons. The topological polar surface area (TPSA) is 106 Å². The van der Waals surface area contributed by atoms with Crippen LogP contribution in [0.3, 0.4) is 0 Å². The van der Waals surface area contributed by atoms with Crippen molar-refractivity contribution >= 4 is 34.1 Å². The number of H-pyrrole nitrogens is 1. The highest BCUT2D eigenvalue weighted by atomic mass is 32.2. The number of piperazine rings is 1. The van der Waals surface area contributed by atoms with Crippen LogP contribution in [-0.2, 0) is 28.7 Å². The number of carbonyl (C=O) groups excluding carboxylic acids is 1. The van der Waals surface area contributed by atoms with E-state index in [1.807, 2.05) is 12.1 Å². The van der Waals surface area contributed by atoms with Gasteiger partial charge in [0.15, 0.2) is 5.82 Å². The third-order valence-corrected chi connectivity index (χ3v) is 9.79. The molecule has 3 N–H and O–H groups in total. The van der Waals surface area contributed by atoms with E-state index in [2.05, 4.69) is 30.6 Å². The minimum atomic E-state index is -1.80. The fourth-order valence-corrected chi connectivity index (χ4v) is 7.15. The monoisotopic (exact) mass is 631 g/mol. The molecule has 2 fully saturated rings. The summed E-state index contributed by atoms with van der Waals surface area (Å²) in [5.41, 5.74) is 3.64. The van der Waals surface area contributed by atoms with E-state index in [1.54, 1.807) is 10.4 Å². The van der Waals surface area contributed by atoms with E-state index in [0.29, 0.717) is 55.4 Å². The van der Waals surface area contributed by atoms with Gasteiger partial charge in [-0.05, 0) is 43.2 Å². The maximum absolute atomic E-state index is 13.8. The van der Waals surface area contributed by atoms with Crippen LogP contribution in [0.25, 0.3) is 0 Å². The number of amides is 1. The first-order valence-electron chi connectivity index (χ1n) is 14.9. The number of hydrogen-bond acceptors (Lipinski definition) is 7. The van der Waals surface area contributed by atoms with Crippen molar-refractivity contribution < 1.29 is 26.9 Å².